The number of ether oxygens (including phenoxy) is 2. The van der Waals surface area contributed by atoms with E-state index in [-0.39, 0.29) is 0 Å². The highest BCUT2D eigenvalue weighted by Gasteiger charge is 2.42. The van der Waals surface area contributed by atoms with E-state index < -0.39 is 24.8 Å². The average molecular weight is 164 g/mol. The van der Waals surface area contributed by atoms with E-state index in [1.165, 1.54) is 0 Å². The van der Waals surface area contributed by atoms with Crippen molar-refractivity contribution >= 4 is 0 Å². The summed E-state index contributed by atoms with van der Waals surface area (Å²) in [7, 11) is 0. The Morgan fingerprint density at radius 3 is 2.27 bits per heavy atom. The van der Waals surface area contributed by atoms with Crippen LogP contribution in [0.4, 0.5) is 0 Å². The van der Waals surface area contributed by atoms with Crippen LogP contribution in [0.1, 0.15) is 6.92 Å². The number of aliphatic hydroxyl groups excluding tert-OH is 3. The van der Waals surface area contributed by atoms with E-state index in [0.29, 0.717) is 6.61 Å². The summed E-state index contributed by atoms with van der Waals surface area (Å²) in [5.41, 5.74) is 0. The van der Waals surface area contributed by atoms with Gasteiger partial charge in [0.05, 0.1) is 0 Å². The molecule has 0 saturated carbocycles. The number of hydrogen-bond donors (Lipinski definition) is 3. The van der Waals surface area contributed by atoms with Crippen molar-refractivity contribution in [3.05, 3.63) is 0 Å². The van der Waals surface area contributed by atoms with E-state index in [1.807, 2.05) is 0 Å². The molecule has 0 spiro atoms. The third kappa shape index (κ3) is 1.69. The zero-order valence-corrected chi connectivity index (χ0v) is 6.17. The molecule has 5 heteroatoms. The SMILES string of the molecule is CCOC1OC(O)C(O)C1O. The number of aliphatic hydroxyl groups is 3. The monoisotopic (exact) mass is 164 g/mol. The van der Waals surface area contributed by atoms with E-state index in [2.05, 4.69) is 4.74 Å². The summed E-state index contributed by atoms with van der Waals surface area (Å²) in [5, 5.41) is 26.9. The molecule has 4 atom stereocenters. The molecule has 0 radical (unpaired) electrons. The van der Waals surface area contributed by atoms with Crippen molar-refractivity contribution in [1.29, 1.82) is 0 Å². The van der Waals surface area contributed by atoms with Crippen LogP contribution in [0.25, 0.3) is 0 Å². The second kappa shape index (κ2) is 3.46. The molecule has 66 valence electrons. The molecule has 0 bridgehead atoms. The number of rotatable bonds is 2. The molecule has 0 aliphatic carbocycles. The van der Waals surface area contributed by atoms with Gasteiger partial charge in [-0.05, 0) is 6.92 Å². The molecular weight excluding hydrogens is 152 g/mol. The Morgan fingerprint density at radius 1 is 1.27 bits per heavy atom. The fourth-order valence-electron chi connectivity index (χ4n) is 0.930. The summed E-state index contributed by atoms with van der Waals surface area (Å²) in [6.45, 7) is 2.09. The highest BCUT2D eigenvalue weighted by atomic mass is 16.8. The van der Waals surface area contributed by atoms with Gasteiger partial charge in [0.1, 0.15) is 12.2 Å². The molecule has 3 N–H and O–H groups in total. The van der Waals surface area contributed by atoms with Gasteiger partial charge in [0.15, 0.2) is 12.6 Å². The van der Waals surface area contributed by atoms with Crippen LogP contribution in [0, 0.1) is 0 Å². The van der Waals surface area contributed by atoms with Crippen molar-refractivity contribution in [1.82, 2.24) is 0 Å². The molecule has 1 saturated heterocycles. The summed E-state index contributed by atoms with van der Waals surface area (Å²) in [6.07, 6.45) is -4.69. The normalized spacial score (nSPS) is 44.7. The van der Waals surface area contributed by atoms with Gasteiger partial charge in [-0.15, -0.1) is 0 Å². The van der Waals surface area contributed by atoms with Gasteiger partial charge in [0, 0.05) is 6.61 Å². The van der Waals surface area contributed by atoms with Crippen molar-refractivity contribution in [2.45, 2.75) is 31.7 Å². The Kier molecular flexibility index (Phi) is 2.80. The van der Waals surface area contributed by atoms with Crippen molar-refractivity contribution in [2.75, 3.05) is 6.61 Å². The smallest absolute Gasteiger partial charge is 0.189 e. The van der Waals surface area contributed by atoms with E-state index in [1.54, 1.807) is 6.92 Å². The van der Waals surface area contributed by atoms with Crippen LogP contribution in [0.5, 0.6) is 0 Å². The first-order chi connectivity index (χ1) is 5.16. The minimum absolute atomic E-state index is 0.362. The van der Waals surface area contributed by atoms with Crippen LogP contribution < -0.4 is 0 Å². The fraction of sp³-hybridized carbons (Fsp3) is 1.00. The molecule has 1 rings (SSSR count). The molecule has 0 aromatic rings. The fourth-order valence-corrected chi connectivity index (χ4v) is 0.930. The topological polar surface area (TPSA) is 79.2 Å². The van der Waals surface area contributed by atoms with Gasteiger partial charge >= 0.3 is 0 Å². The molecule has 0 aromatic heterocycles. The van der Waals surface area contributed by atoms with Crippen molar-refractivity contribution < 1.29 is 24.8 Å². The Balaban J connectivity index is 2.45. The first-order valence-electron chi connectivity index (χ1n) is 3.48. The van der Waals surface area contributed by atoms with E-state index >= 15 is 0 Å². The van der Waals surface area contributed by atoms with Crippen LogP contribution in [-0.4, -0.2) is 46.7 Å². The Morgan fingerprint density at radius 2 is 1.91 bits per heavy atom. The molecule has 5 nitrogen and oxygen atoms in total. The summed E-state index contributed by atoms with van der Waals surface area (Å²) in [6, 6.07) is 0. The Hall–Kier alpha value is -0.200. The average Bonchev–Trinajstić information content (AvgIpc) is 2.19. The van der Waals surface area contributed by atoms with Gasteiger partial charge in [-0.2, -0.15) is 0 Å². The van der Waals surface area contributed by atoms with Crippen LogP contribution in [0.2, 0.25) is 0 Å². The predicted molar refractivity (Wildman–Crippen MR) is 34.5 cm³/mol. The first kappa shape index (κ1) is 8.89. The van der Waals surface area contributed by atoms with Gasteiger partial charge in [0.25, 0.3) is 0 Å². The largest absolute Gasteiger partial charge is 0.385 e. The van der Waals surface area contributed by atoms with Gasteiger partial charge in [-0.3, -0.25) is 0 Å². The summed E-state index contributed by atoms with van der Waals surface area (Å²) in [5.74, 6) is 0. The summed E-state index contributed by atoms with van der Waals surface area (Å²) >= 11 is 0. The molecule has 1 heterocycles. The third-order valence-electron chi connectivity index (χ3n) is 1.53. The minimum atomic E-state index is -1.35. The Labute approximate surface area is 64.2 Å². The molecule has 0 amide bonds. The second-order valence-electron chi connectivity index (χ2n) is 2.33. The lowest BCUT2D eigenvalue weighted by atomic mass is 10.2. The number of hydrogen-bond acceptors (Lipinski definition) is 5. The second-order valence-corrected chi connectivity index (χ2v) is 2.33. The lowest BCUT2D eigenvalue weighted by molar-refractivity contribution is -0.203. The van der Waals surface area contributed by atoms with Gasteiger partial charge in [-0.1, -0.05) is 0 Å². The molecule has 1 aliphatic heterocycles. The highest BCUT2D eigenvalue weighted by molar-refractivity contribution is 4.80. The maximum Gasteiger partial charge on any atom is 0.189 e. The molecular formula is C6H12O5. The Bertz CT molecular complexity index is 128. The van der Waals surface area contributed by atoms with Gasteiger partial charge in [0.2, 0.25) is 0 Å². The lowest BCUT2D eigenvalue weighted by Gasteiger charge is -2.12. The zero-order valence-electron chi connectivity index (χ0n) is 6.17. The maximum atomic E-state index is 9.10. The van der Waals surface area contributed by atoms with Crippen LogP contribution >= 0.6 is 0 Å². The molecule has 11 heavy (non-hydrogen) atoms. The zero-order chi connectivity index (χ0) is 8.43. The van der Waals surface area contributed by atoms with E-state index in [9.17, 15) is 0 Å². The van der Waals surface area contributed by atoms with Crippen LogP contribution in [-0.2, 0) is 9.47 Å². The molecule has 1 fully saturated rings. The maximum absolute atomic E-state index is 9.10. The summed E-state index contributed by atoms with van der Waals surface area (Å²) in [4.78, 5) is 0. The van der Waals surface area contributed by atoms with Crippen molar-refractivity contribution in [3.8, 4) is 0 Å². The quantitative estimate of drug-likeness (QED) is 0.459. The summed E-state index contributed by atoms with van der Waals surface area (Å²) < 4.78 is 9.52. The standard InChI is InChI=1S/C6H12O5/c1-2-10-6-4(8)3(7)5(9)11-6/h3-9H,2H2,1H3. The van der Waals surface area contributed by atoms with E-state index in [0.717, 1.165) is 0 Å². The molecule has 4 unspecified atom stereocenters. The van der Waals surface area contributed by atoms with Gasteiger partial charge in [-0.25, -0.2) is 0 Å². The van der Waals surface area contributed by atoms with Gasteiger partial charge < -0.3 is 24.8 Å². The molecule has 0 aromatic carbocycles. The lowest BCUT2D eigenvalue weighted by Crippen LogP contribution is -2.33. The van der Waals surface area contributed by atoms with Crippen molar-refractivity contribution in [2.24, 2.45) is 0 Å². The van der Waals surface area contributed by atoms with Crippen molar-refractivity contribution in [3.63, 3.8) is 0 Å². The first-order valence-corrected chi connectivity index (χ1v) is 3.48. The van der Waals surface area contributed by atoms with Crippen LogP contribution in [0.3, 0.4) is 0 Å². The molecule has 1 aliphatic rings. The van der Waals surface area contributed by atoms with Crippen LogP contribution in [0.15, 0.2) is 0 Å². The minimum Gasteiger partial charge on any atom is -0.385 e. The third-order valence-corrected chi connectivity index (χ3v) is 1.53. The van der Waals surface area contributed by atoms with E-state index in [4.69, 9.17) is 20.1 Å². The highest BCUT2D eigenvalue weighted by Crippen LogP contribution is 2.19. The predicted octanol–water partition coefficient (Wildman–Crippen LogP) is -1.58.